The predicted molar refractivity (Wildman–Crippen MR) is 56.8 cm³/mol. The third kappa shape index (κ3) is 0.999. The SMILES string of the molecule is NC(=O)c1cc2c(c3ccoc13)NCN2. The van der Waals surface area contributed by atoms with Gasteiger partial charge in [0.25, 0.3) is 5.91 Å². The van der Waals surface area contributed by atoms with Crippen molar-refractivity contribution >= 4 is 28.3 Å². The molecule has 1 aliphatic rings. The number of fused-ring (bicyclic) bond motifs is 3. The quantitative estimate of drug-likeness (QED) is 0.653. The van der Waals surface area contributed by atoms with Crippen LogP contribution in [-0.2, 0) is 0 Å². The molecule has 2 heterocycles. The van der Waals surface area contributed by atoms with Crippen LogP contribution >= 0.6 is 0 Å². The molecule has 0 saturated carbocycles. The molecule has 2 aromatic rings. The first-order valence-electron chi connectivity index (χ1n) is 4.59. The molecule has 4 N–H and O–H groups in total. The zero-order valence-corrected chi connectivity index (χ0v) is 7.83. The van der Waals surface area contributed by atoms with Gasteiger partial charge in [-0.3, -0.25) is 4.79 Å². The van der Waals surface area contributed by atoms with Crippen molar-refractivity contribution in [3.63, 3.8) is 0 Å². The van der Waals surface area contributed by atoms with Gasteiger partial charge in [0, 0.05) is 5.39 Å². The van der Waals surface area contributed by atoms with Crippen LogP contribution in [-0.4, -0.2) is 12.6 Å². The minimum Gasteiger partial charge on any atom is -0.463 e. The molecule has 1 aromatic heterocycles. The first-order valence-corrected chi connectivity index (χ1v) is 4.59. The van der Waals surface area contributed by atoms with Gasteiger partial charge in [0.1, 0.15) is 5.58 Å². The van der Waals surface area contributed by atoms with Gasteiger partial charge in [-0.1, -0.05) is 0 Å². The average Bonchev–Trinajstić information content (AvgIpc) is 2.83. The Labute approximate surface area is 85.2 Å². The number of furan rings is 1. The van der Waals surface area contributed by atoms with E-state index in [1.165, 1.54) is 0 Å². The summed E-state index contributed by atoms with van der Waals surface area (Å²) in [5.74, 6) is -0.480. The van der Waals surface area contributed by atoms with E-state index in [0.717, 1.165) is 16.8 Å². The summed E-state index contributed by atoms with van der Waals surface area (Å²) in [5.41, 5.74) is 8.08. The van der Waals surface area contributed by atoms with Crippen LogP contribution in [0, 0.1) is 0 Å². The van der Waals surface area contributed by atoms with Gasteiger partial charge in [-0.25, -0.2) is 0 Å². The monoisotopic (exact) mass is 203 g/mol. The van der Waals surface area contributed by atoms with Crippen molar-refractivity contribution in [3.8, 4) is 0 Å². The molecule has 0 radical (unpaired) electrons. The highest BCUT2D eigenvalue weighted by Crippen LogP contribution is 2.37. The summed E-state index contributed by atoms with van der Waals surface area (Å²) in [6.07, 6.45) is 1.55. The maximum Gasteiger partial charge on any atom is 0.252 e. The number of nitrogens with two attached hydrogens (primary N) is 1. The Kier molecular flexibility index (Phi) is 1.45. The lowest BCUT2D eigenvalue weighted by atomic mass is 10.1. The van der Waals surface area contributed by atoms with E-state index in [4.69, 9.17) is 10.2 Å². The lowest BCUT2D eigenvalue weighted by Gasteiger charge is -2.03. The number of carbonyl (C=O) groups excluding carboxylic acids is 1. The number of anilines is 2. The second kappa shape index (κ2) is 2.66. The standard InChI is InChI=1S/C10H9N3O2/c11-10(14)6-3-7-8(13-4-12-7)5-1-2-15-9(5)6/h1-3,12-13H,4H2,(H2,11,14). The lowest BCUT2D eigenvalue weighted by Crippen LogP contribution is -2.11. The van der Waals surface area contributed by atoms with Gasteiger partial charge in [0.15, 0.2) is 0 Å². The molecule has 3 rings (SSSR count). The molecular formula is C10H9N3O2. The van der Waals surface area contributed by atoms with Crippen molar-refractivity contribution in [2.75, 3.05) is 17.3 Å². The summed E-state index contributed by atoms with van der Waals surface area (Å²) in [4.78, 5) is 11.2. The van der Waals surface area contributed by atoms with Gasteiger partial charge in [-0.15, -0.1) is 0 Å². The van der Waals surface area contributed by atoms with Crippen LogP contribution in [0.3, 0.4) is 0 Å². The van der Waals surface area contributed by atoms with Gasteiger partial charge in [-0.05, 0) is 12.1 Å². The van der Waals surface area contributed by atoms with Crippen molar-refractivity contribution in [2.45, 2.75) is 0 Å². The van der Waals surface area contributed by atoms with Crippen LogP contribution in [0.15, 0.2) is 22.8 Å². The van der Waals surface area contributed by atoms with E-state index in [2.05, 4.69) is 10.6 Å². The molecule has 0 aliphatic carbocycles. The summed E-state index contributed by atoms with van der Waals surface area (Å²) in [6, 6.07) is 3.53. The van der Waals surface area contributed by atoms with E-state index < -0.39 is 5.91 Å². The van der Waals surface area contributed by atoms with E-state index in [-0.39, 0.29) is 0 Å². The molecule has 0 atom stereocenters. The van der Waals surface area contributed by atoms with E-state index in [9.17, 15) is 4.79 Å². The van der Waals surface area contributed by atoms with Crippen molar-refractivity contribution in [1.82, 2.24) is 0 Å². The zero-order chi connectivity index (χ0) is 10.4. The Morgan fingerprint density at radius 3 is 3.13 bits per heavy atom. The zero-order valence-electron chi connectivity index (χ0n) is 7.83. The number of benzene rings is 1. The van der Waals surface area contributed by atoms with Crippen LogP contribution in [0.4, 0.5) is 11.4 Å². The van der Waals surface area contributed by atoms with Crippen molar-refractivity contribution in [3.05, 3.63) is 24.0 Å². The first-order chi connectivity index (χ1) is 7.27. The van der Waals surface area contributed by atoms with Crippen LogP contribution in [0.25, 0.3) is 11.0 Å². The lowest BCUT2D eigenvalue weighted by molar-refractivity contribution is 0.100. The molecule has 0 spiro atoms. The van der Waals surface area contributed by atoms with Crippen LogP contribution in [0.5, 0.6) is 0 Å². The molecule has 0 unspecified atom stereocenters. The summed E-state index contributed by atoms with van der Waals surface area (Å²) in [5, 5.41) is 7.17. The van der Waals surface area contributed by atoms with Gasteiger partial charge in [0.05, 0.1) is 29.9 Å². The Morgan fingerprint density at radius 1 is 1.47 bits per heavy atom. The van der Waals surface area contributed by atoms with Crippen molar-refractivity contribution in [1.29, 1.82) is 0 Å². The number of amides is 1. The largest absolute Gasteiger partial charge is 0.463 e. The summed E-state index contributed by atoms with van der Waals surface area (Å²) in [6.45, 7) is 0.651. The molecule has 0 bridgehead atoms. The molecular weight excluding hydrogens is 194 g/mol. The van der Waals surface area contributed by atoms with Gasteiger partial charge in [-0.2, -0.15) is 0 Å². The van der Waals surface area contributed by atoms with Crippen molar-refractivity contribution in [2.24, 2.45) is 5.73 Å². The van der Waals surface area contributed by atoms with E-state index in [1.54, 1.807) is 12.3 Å². The molecule has 1 aromatic carbocycles. The summed E-state index contributed by atoms with van der Waals surface area (Å²) >= 11 is 0. The Balaban J connectivity index is 2.42. The van der Waals surface area contributed by atoms with Gasteiger partial charge >= 0.3 is 0 Å². The van der Waals surface area contributed by atoms with Gasteiger partial charge < -0.3 is 20.8 Å². The third-order valence-corrected chi connectivity index (χ3v) is 2.55. The maximum atomic E-state index is 11.2. The minimum atomic E-state index is -0.480. The minimum absolute atomic E-state index is 0.407. The third-order valence-electron chi connectivity index (χ3n) is 2.55. The number of nitrogens with one attached hydrogen (secondary N) is 2. The van der Waals surface area contributed by atoms with E-state index in [0.29, 0.717) is 17.8 Å². The topological polar surface area (TPSA) is 80.3 Å². The van der Waals surface area contributed by atoms with Crippen LogP contribution < -0.4 is 16.4 Å². The van der Waals surface area contributed by atoms with Gasteiger partial charge in [0.2, 0.25) is 0 Å². The maximum absolute atomic E-state index is 11.2. The number of primary amides is 1. The number of rotatable bonds is 1. The summed E-state index contributed by atoms with van der Waals surface area (Å²) in [7, 11) is 0. The molecule has 76 valence electrons. The highest BCUT2D eigenvalue weighted by Gasteiger charge is 2.19. The van der Waals surface area contributed by atoms with Crippen molar-refractivity contribution < 1.29 is 9.21 Å². The molecule has 1 aliphatic heterocycles. The van der Waals surface area contributed by atoms with E-state index >= 15 is 0 Å². The molecule has 5 heteroatoms. The average molecular weight is 203 g/mol. The molecule has 0 saturated heterocycles. The smallest absolute Gasteiger partial charge is 0.252 e. The second-order valence-electron chi connectivity index (χ2n) is 3.40. The Hall–Kier alpha value is -2.17. The number of hydrogen-bond donors (Lipinski definition) is 3. The van der Waals surface area contributed by atoms with E-state index in [1.807, 2.05) is 6.07 Å². The van der Waals surface area contributed by atoms with Crippen LogP contribution in [0.1, 0.15) is 10.4 Å². The second-order valence-corrected chi connectivity index (χ2v) is 3.40. The normalized spacial score (nSPS) is 13.3. The highest BCUT2D eigenvalue weighted by molar-refractivity contribution is 6.11. The fraction of sp³-hybridized carbons (Fsp3) is 0.100. The molecule has 0 fully saturated rings. The number of carbonyl (C=O) groups is 1. The predicted octanol–water partition coefficient (Wildman–Crippen LogP) is 1.33. The van der Waals surface area contributed by atoms with Crippen LogP contribution in [0.2, 0.25) is 0 Å². The highest BCUT2D eigenvalue weighted by atomic mass is 16.3. The molecule has 1 amide bonds. The Morgan fingerprint density at radius 2 is 2.33 bits per heavy atom. The summed E-state index contributed by atoms with van der Waals surface area (Å²) < 4.78 is 5.27. The fourth-order valence-corrected chi connectivity index (χ4v) is 1.88. The fourth-order valence-electron chi connectivity index (χ4n) is 1.88. The number of hydrogen-bond acceptors (Lipinski definition) is 4. The molecule has 5 nitrogen and oxygen atoms in total. The first kappa shape index (κ1) is 8.16. The molecule has 15 heavy (non-hydrogen) atoms. The Bertz CT molecular complexity index is 559.